The van der Waals surface area contributed by atoms with E-state index in [1.165, 1.54) is 0 Å². The molecule has 0 unspecified atom stereocenters. The van der Waals surface area contributed by atoms with Gasteiger partial charge in [0, 0.05) is 38.2 Å². The van der Waals surface area contributed by atoms with E-state index in [1.807, 2.05) is 108 Å². The fourth-order valence-corrected chi connectivity index (χ4v) is 7.76. The van der Waals surface area contributed by atoms with Crippen LogP contribution in [-0.4, -0.2) is 58.8 Å². The smallest absolute Gasteiger partial charge is 0.238 e. The van der Waals surface area contributed by atoms with Crippen LogP contribution in [-0.2, 0) is 0 Å². The first-order valence-electron chi connectivity index (χ1n) is 17.7. The lowest BCUT2D eigenvalue weighted by Gasteiger charge is -2.22. The molecule has 10 radical (unpaired) electrons. The zero-order valence-corrected chi connectivity index (χ0v) is 29.4. The van der Waals surface area contributed by atoms with Gasteiger partial charge in [0.2, 0.25) is 5.95 Å². The van der Waals surface area contributed by atoms with Gasteiger partial charge in [-0.15, -0.1) is 16.4 Å². The van der Waals surface area contributed by atoms with Crippen LogP contribution in [0.4, 0.5) is 0 Å². The zero-order chi connectivity index (χ0) is 37.4. The topological polar surface area (TPSA) is 56.7 Å². The summed E-state index contributed by atoms with van der Waals surface area (Å²) in [6.45, 7) is 0. The normalized spacial score (nSPS) is 11.6. The number of furan rings is 1. The Morgan fingerprint density at radius 2 is 0.982 bits per heavy atom. The van der Waals surface area contributed by atoms with E-state index in [9.17, 15) is 0 Å². The summed E-state index contributed by atoms with van der Waals surface area (Å²) in [4.78, 5) is 15.5. The van der Waals surface area contributed by atoms with Gasteiger partial charge in [0.05, 0.1) is 11.0 Å². The van der Waals surface area contributed by atoms with Gasteiger partial charge in [0.15, 0.2) is 11.6 Å². The minimum Gasteiger partial charge on any atom is -0.455 e. The van der Waals surface area contributed by atoms with Crippen LogP contribution in [0.25, 0.3) is 94.7 Å². The van der Waals surface area contributed by atoms with Crippen molar-refractivity contribution < 1.29 is 4.42 Å². The maximum atomic E-state index is 6.64. The largest absolute Gasteiger partial charge is 0.455 e. The fourth-order valence-electron chi connectivity index (χ4n) is 7.76. The Kier molecular flexibility index (Phi) is 7.70. The molecule has 3 heterocycles. The number of benzene rings is 7. The molecule has 0 saturated carbocycles. The fraction of sp³-hybridized carbons (Fsp3) is 0. The molecular formula is C45H23B5N4O. The number of fused-ring (bicyclic) bond motifs is 6. The van der Waals surface area contributed by atoms with Gasteiger partial charge in [-0.3, -0.25) is 4.57 Å². The van der Waals surface area contributed by atoms with Crippen molar-refractivity contribution in [1.29, 1.82) is 0 Å². The second kappa shape index (κ2) is 12.8. The summed E-state index contributed by atoms with van der Waals surface area (Å²) in [7, 11) is 32.2. The molecule has 0 spiro atoms. The third-order valence-corrected chi connectivity index (χ3v) is 10.4. The van der Waals surface area contributed by atoms with Crippen LogP contribution in [0.3, 0.4) is 0 Å². The van der Waals surface area contributed by atoms with E-state index < -0.39 is 0 Å². The van der Waals surface area contributed by atoms with E-state index in [0.717, 1.165) is 71.6 Å². The lowest BCUT2D eigenvalue weighted by atomic mass is 9.59. The predicted molar refractivity (Wildman–Crippen MR) is 230 cm³/mol. The monoisotopic (exact) mass is 690 g/mol. The summed E-state index contributed by atoms with van der Waals surface area (Å²) in [6, 6.07) is 46.4. The van der Waals surface area contributed by atoms with Gasteiger partial charge in [-0.25, -0.2) is 4.98 Å². The van der Waals surface area contributed by atoms with Gasteiger partial charge in [-0.05, 0) is 34.9 Å². The summed E-state index contributed by atoms with van der Waals surface area (Å²) in [5.41, 5.74) is 9.30. The van der Waals surface area contributed by atoms with E-state index in [2.05, 4.69) is 36.4 Å². The number of aromatic nitrogens is 4. The van der Waals surface area contributed by atoms with Gasteiger partial charge < -0.3 is 4.42 Å². The summed E-state index contributed by atoms with van der Waals surface area (Å²) in [5, 5.41) is 3.69. The lowest BCUT2D eigenvalue weighted by molar-refractivity contribution is 0.670. The van der Waals surface area contributed by atoms with E-state index in [0.29, 0.717) is 23.2 Å². The van der Waals surface area contributed by atoms with E-state index in [4.69, 9.17) is 58.6 Å². The quantitative estimate of drug-likeness (QED) is 0.224. The first-order valence-corrected chi connectivity index (χ1v) is 17.7. The van der Waals surface area contributed by atoms with Crippen LogP contribution in [0, 0.1) is 0 Å². The Morgan fingerprint density at radius 3 is 1.75 bits per heavy atom. The number of hydrogen-bond donors (Lipinski definition) is 0. The summed E-state index contributed by atoms with van der Waals surface area (Å²) in [5.74, 6) is 1.45. The van der Waals surface area contributed by atoms with E-state index >= 15 is 0 Å². The zero-order valence-electron chi connectivity index (χ0n) is 29.4. The minimum absolute atomic E-state index is 0.163. The molecular weight excluding hydrogens is 667 g/mol. The SMILES string of the molecule is [B]c1c([B])c([B])c(-c2cccc3c2c2ccccc2n3-c2nc(-c3ccccc3)nc(-c3cccc4oc5c(-c6ccccc6)cccc5c34)n2)c([B])c1[B]. The molecule has 7 aromatic carbocycles. The van der Waals surface area contributed by atoms with Crippen LogP contribution in [0.15, 0.2) is 144 Å². The molecule has 5 nitrogen and oxygen atoms in total. The number of rotatable bonds is 5. The Hall–Kier alpha value is -6.53. The van der Waals surface area contributed by atoms with Crippen molar-refractivity contribution >= 4 is 110 Å². The number of para-hydroxylation sites is 2. The Bertz CT molecular complexity index is 3130. The van der Waals surface area contributed by atoms with Crippen molar-refractivity contribution in [1.82, 2.24) is 19.5 Å². The molecule has 3 aromatic heterocycles. The maximum absolute atomic E-state index is 6.64. The first kappa shape index (κ1) is 33.1. The molecule has 55 heavy (non-hydrogen) atoms. The Balaban J connectivity index is 1.27. The number of nitrogens with zero attached hydrogens (tertiary/aromatic N) is 4. The molecule has 0 atom stereocenters. The van der Waals surface area contributed by atoms with Crippen molar-refractivity contribution in [3.8, 4) is 51.0 Å². The third kappa shape index (κ3) is 5.12. The predicted octanol–water partition coefficient (Wildman–Crippen LogP) is 5.51. The molecule has 10 aromatic rings. The van der Waals surface area contributed by atoms with Crippen molar-refractivity contribution in [2.45, 2.75) is 0 Å². The van der Waals surface area contributed by atoms with Gasteiger partial charge >= 0.3 is 0 Å². The van der Waals surface area contributed by atoms with Crippen LogP contribution < -0.4 is 27.3 Å². The van der Waals surface area contributed by atoms with Gasteiger partial charge in [-0.1, -0.05) is 132 Å². The average molecular weight is 690 g/mol. The third-order valence-electron chi connectivity index (χ3n) is 10.4. The average Bonchev–Trinajstić information content (AvgIpc) is 3.79. The van der Waals surface area contributed by atoms with Crippen molar-refractivity contribution in [3.05, 3.63) is 140 Å². The van der Waals surface area contributed by atoms with E-state index in [1.54, 1.807) is 0 Å². The lowest BCUT2D eigenvalue weighted by Crippen LogP contribution is -2.55. The van der Waals surface area contributed by atoms with Gasteiger partial charge in [0.25, 0.3) is 0 Å². The molecule has 10 rings (SSSR count). The van der Waals surface area contributed by atoms with Crippen molar-refractivity contribution in [3.63, 3.8) is 0 Å². The molecule has 0 aliphatic carbocycles. The molecule has 0 fully saturated rings. The van der Waals surface area contributed by atoms with Gasteiger partial charge in [-0.2, -0.15) is 9.97 Å². The summed E-state index contributed by atoms with van der Waals surface area (Å²) < 4.78 is 8.65. The van der Waals surface area contributed by atoms with E-state index in [-0.39, 0.29) is 27.3 Å². The maximum Gasteiger partial charge on any atom is 0.238 e. The molecule has 0 bridgehead atoms. The van der Waals surface area contributed by atoms with Crippen LogP contribution in [0.5, 0.6) is 0 Å². The summed E-state index contributed by atoms with van der Waals surface area (Å²) in [6.07, 6.45) is 0. The highest BCUT2D eigenvalue weighted by Gasteiger charge is 2.23. The standard InChI is InChI=1S/C45H23B5N4O/c46-37-36(38(47)40(49)41(50)39(37)48)28-18-10-22-32-34(28)27-16-7-8-21-31(27)54(32)45-52-43(25-14-5-2-6-15-25)51-44(53-45)30-20-11-23-33-35(30)29-19-9-17-26(42(29)55-33)24-12-3-1-4-13-24/h1-23H. The molecule has 0 amide bonds. The summed E-state index contributed by atoms with van der Waals surface area (Å²) >= 11 is 0. The Morgan fingerprint density at radius 1 is 0.418 bits per heavy atom. The molecule has 244 valence electrons. The molecule has 0 N–H and O–H groups in total. The van der Waals surface area contributed by atoms with Crippen molar-refractivity contribution in [2.75, 3.05) is 0 Å². The minimum atomic E-state index is 0.163. The number of hydrogen-bond acceptors (Lipinski definition) is 4. The molecule has 0 saturated heterocycles. The second-order valence-electron chi connectivity index (χ2n) is 13.5. The second-order valence-corrected chi connectivity index (χ2v) is 13.5. The van der Waals surface area contributed by atoms with Crippen LogP contribution in [0.1, 0.15) is 0 Å². The Labute approximate surface area is 323 Å². The first-order chi connectivity index (χ1) is 26.9. The highest BCUT2D eigenvalue weighted by atomic mass is 16.3. The van der Waals surface area contributed by atoms with Crippen molar-refractivity contribution in [2.24, 2.45) is 0 Å². The molecule has 0 aliphatic heterocycles. The van der Waals surface area contributed by atoms with Gasteiger partial charge in [0.1, 0.15) is 50.4 Å². The van der Waals surface area contributed by atoms with Crippen LogP contribution >= 0.6 is 0 Å². The molecule has 0 aliphatic rings. The highest BCUT2D eigenvalue weighted by molar-refractivity contribution is 6.69. The highest BCUT2D eigenvalue weighted by Crippen LogP contribution is 2.41. The molecule has 10 heteroatoms. The van der Waals surface area contributed by atoms with Crippen LogP contribution in [0.2, 0.25) is 0 Å².